The van der Waals surface area contributed by atoms with Crippen LogP contribution in [0.3, 0.4) is 0 Å². The maximum Gasteiger partial charge on any atom is 0.270 e. The van der Waals surface area contributed by atoms with Gasteiger partial charge in [-0.1, -0.05) is 23.5 Å². The predicted molar refractivity (Wildman–Crippen MR) is 109 cm³/mol. The number of nitrogens with zero attached hydrogens (tertiary/aromatic N) is 2. The van der Waals surface area contributed by atoms with Crippen LogP contribution in [-0.2, 0) is 0 Å². The van der Waals surface area contributed by atoms with Crippen LogP contribution in [0.1, 0.15) is 21.7 Å². The van der Waals surface area contributed by atoms with Crippen molar-refractivity contribution >= 4 is 43.9 Å². The minimum absolute atomic E-state index is 0.0180. The maximum atomic E-state index is 13.1. The van der Waals surface area contributed by atoms with Crippen molar-refractivity contribution in [2.24, 2.45) is 0 Å². The Morgan fingerprint density at radius 3 is 2.77 bits per heavy atom. The topological polar surface area (TPSA) is 46.9 Å². The van der Waals surface area contributed by atoms with Gasteiger partial charge >= 0.3 is 0 Å². The summed E-state index contributed by atoms with van der Waals surface area (Å²) in [6.45, 7) is 3.72. The lowest BCUT2D eigenvalue weighted by Crippen LogP contribution is -3.05. The Balaban J connectivity index is 1.99. The molecule has 0 saturated carbocycles. The van der Waals surface area contributed by atoms with E-state index in [9.17, 15) is 4.79 Å². The van der Waals surface area contributed by atoms with Gasteiger partial charge in [0.25, 0.3) is 5.91 Å². The van der Waals surface area contributed by atoms with E-state index in [2.05, 4.69) is 21.0 Å². The van der Waals surface area contributed by atoms with Crippen LogP contribution >= 0.6 is 22.7 Å². The number of thiophene rings is 1. The quantitative estimate of drug-likeness (QED) is 0.675. The number of benzene rings is 1. The third kappa shape index (κ3) is 3.90. The highest BCUT2D eigenvalue weighted by Crippen LogP contribution is 2.37. The fraction of sp³-hybridized carbons (Fsp3) is 0.368. The van der Waals surface area contributed by atoms with E-state index in [1.165, 1.54) is 16.2 Å². The van der Waals surface area contributed by atoms with Crippen molar-refractivity contribution in [3.63, 3.8) is 0 Å². The summed E-state index contributed by atoms with van der Waals surface area (Å²) in [4.78, 5) is 21.8. The van der Waals surface area contributed by atoms with Gasteiger partial charge in [0.15, 0.2) is 5.13 Å². The molecule has 0 atom stereocenters. The molecule has 0 radical (unpaired) electrons. The van der Waals surface area contributed by atoms with E-state index in [1.54, 1.807) is 18.4 Å². The Kier molecular flexibility index (Phi) is 5.90. The lowest BCUT2D eigenvalue weighted by atomic mass is 10.2. The zero-order chi connectivity index (χ0) is 18.7. The predicted octanol–water partition coefficient (Wildman–Crippen LogP) is 2.86. The number of carbonyl (C=O) groups excluding carboxylic acids is 1. The molecule has 0 fully saturated rings. The third-order valence-electron chi connectivity index (χ3n) is 4.18. The summed E-state index contributed by atoms with van der Waals surface area (Å²) in [6, 6.07) is 7.74. The van der Waals surface area contributed by atoms with Gasteiger partial charge < -0.3 is 9.64 Å². The number of thiazole rings is 1. The van der Waals surface area contributed by atoms with Crippen molar-refractivity contribution in [2.75, 3.05) is 39.2 Å². The second-order valence-electron chi connectivity index (χ2n) is 6.50. The van der Waals surface area contributed by atoms with E-state index in [0.29, 0.717) is 6.54 Å². The van der Waals surface area contributed by atoms with Gasteiger partial charge in [-0.05, 0) is 30.0 Å². The molecule has 1 aromatic carbocycles. The molecule has 5 nitrogen and oxygen atoms in total. The van der Waals surface area contributed by atoms with Crippen molar-refractivity contribution in [2.45, 2.75) is 13.3 Å². The Labute approximate surface area is 161 Å². The number of nitrogens with one attached hydrogen (secondary N) is 1. The summed E-state index contributed by atoms with van der Waals surface area (Å²) in [5, 5.41) is 2.67. The molecule has 0 aliphatic carbocycles. The Morgan fingerprint density at radius 2 is 2.12 bits per heavy atom. The van der Waals surface area contributed by atoms with E-state index < -0.39 is 0 Å². The van der Waals surface area contributed by atoms with Crippen molar-refractivity contribution in [1.82, 2.24) is 4.98 Å². The van der Waals surface area contributed by atoms with Gasteiger partial charge in [0, 0.05) is 13.0 Å². The zero-order valence-electron chi connectivity index (χ0n) is 15.5. The lowest BCUT2D eigenvalue weighted by molar-refractivity contribution is -0.858. The normalized spacial score (nSPS) is 11.3. The number of fused-ring (bicyclic) bond motifs is 1. The third-order valence-corrected chi connectivity index (χ3v) is 6.25. The first-order valence-corrected chi connectivity index (χ1v) is 10.3. The number of rotatable bonds is 7. The highest BCUT2D eigenvalue weighted by molar-refractivity contribution is 7.22. The molecule has 26 heavy (non-hydrogen) atoms. The molecule has 3 rings (SSSR count). The molecule has 0 spiro atoms. The van der Waals surface area contributed by atoms with Gasteiger partial charge in [-0.2, -0.15) is 0 Å². The molecule has 7 heteroatoms. The minimum Gasteiger partial charge on any atom is -0.494 e. The molecule has 3 aromatic rings. The van der Waals surface area contributed by atoms with Crippen LogP contribution in [0.2, 0.25) is 0 Å². The van der Waals surface area contributed by atoms with E-state index >= 15 is 0 Å². The number of hydrogen-bond donors (Lipinski definition) is 1. The number of anilines is 1. The van der Waals surface area contributed by atoms with Crippen molar-refractivity contribution < 1.29 is 14.4 Å². The Morgan fingerprint density at radius 1 is 1.31 bits per heavy atom. The second kappa shape index (κ2) is 8.16. The summed E-state index contributed by atoms with van der Waals surface area (Å²) < 4.78 is 6.53. The molecule has 0 unspecified atom stereocenters. The van der Waals surface area contributed by atoms with Crippen LogP contribution in [-0.4, -0.2) is 45.2 Å². The summed E-state index contributed by atoms with van der Waals surface area (Å²) in [5.41, 5.74) is 1.97. The monoisotopic (exact) mass is 390 g/mol. The fourth-order valence-electron chi connectivity index (χ4n) is 2.79. The van der Waals surface area contributed by atoms with Gasteiger partial charge in [0.05, 0.1) is 37.3 Å². The number of quaternary nitrogens is 1. The van der Waals surface area contributed by atoms with E-state index in [0.717, 1.165) is 44.5 Å². The molecule has 0 aliphatic rings. The number of hydrogen-bond acceptors (Lipinski definition) is 5. The molecular weight excluding hydrogens is 366 g/mol. The van der Waals surface area contributed by atoms with Gasteiger partial charge in [0.1, 0.15) is 11.3 Å². The summed E-state index contributed by atoms with van der Waals surface area (Å²) in [5.74, 6) is 0.763. The molecule has 1 amide bonds. The highest BCUT2D eigenvalue weighted by Gasteiger charge is 2.23. The average Bonchev–Trinajstić information content (AvgIpc) is 3.28. The molecule has 1 N–H and O–H groups in total. The smallest absolute Gasteiger partial charge is 0.270 e. The molecular formula is C19H24N3O2S2+. The molecule has 2 heterocycles. The molecule has 138 valence electrons. The second-order valence-corrected chi connectivity index (χ2v) is 8.43. The van der Waals surface area contributed by atoms with Crippen LogP contribution in [0.25, 0.3) is 10.2 Å². The number of amides is 1. The first-order chi connectivity index (χ1) is 12.5. The number of aryl methyl sites for hydroxylation is 1. The fourth-order valence-corrected chi connectivity index (χ4v) is 4.53. The first kappa shape index (κ1) is 18.8. The van der Waals surface area contributed by atoms with Crippen LogP contribution in [0.15, 0.2) is 29.6 Å². The van der Waals surface area contributed by atoms with Gasteiger partial charge in [-0.15, -0.1) is 11.3 Å². The zero-order valence-corrected chi connectivity index (χ0v) is 17.2. The largest absolute Gasteiger partial charge is 0.494 e. The number of ether oxygens (including phenoxy) is 1. The van der Waals surface area contributed by atoms with Gasteiger partial charge in [0.2, 0.25) is 0 Å². The summed E-state index contributed by atoms with van der Waals surface area (Å²) in [7, 11) is 5.90. The average molecular weight is 391 g/mol. The van der Waals surface area contributed by atoms with Gasteiger partial charge in [-0.25, -0.2) is 4.98 Å². The first-order valence-electron chi connectivity index (χ1n) is 8.59. The SMILES string of the molecule is COc1ccc(C)c2sc(N(CCC[NH+](C)C)C(=O)c3cccs3)nc12. The summed E-state index contributed by atoms with van der Waals surface area (Å²) in [6.07, 6.45) is 0.922. The van der Waals surface area contributed by atoms with E-state index in [-0.39, 0.29) is 5.91 Å². The minimum atomic E-state index is 0.0180. The van der Waals surface area contributed by atoms with E-state index in [1.807, 2.05) is 34.5 Å². The summed E-state index contributed by atoms with van der Waals surface area (Å²) >= 11 is 3.02. The van der Waals surface area contributed by atoms with Crippen molar-refractivity contribution in [3.8, 4) is 5.75 Å². The Bertz CT molecular complexity index is 888. The Hall–Kier alpha value is -1.96. The van der Waals surface area contributed by atoms with Crippen molar-refractivity contribution in [3.05, 3.63) is 40.1 Å². The molecule has 0 saturated heterocycles. The molecule has 2 aromatic heterocycles. The number of methoxy groups -OCH3 is 1. The maximum absolute atomic E-state index is 13.1. The van der Waals surface area contributed by atoms with E-state index in [4.69, 9.17) is 9.72 Å². The lowest BCUT2D eigenvalue weighted by Gasteiger charge is -2.19. The van der Waals surface area contributed by atoms with Gasteiger partial charge in [-0.3, -0.25) is 9.69 Å². The highest BCUT2D eigenvalue weighted by atomic mass is 32.1. The number of carbonyl (C=O) groups is 1. The standard InChI is InChI=1S/C19H23N3O2S2/c1-13-8-9-14(24-4)16-17(13)26-19(20-16)22(11-6-10-21(2)3)18(23)15-7-5-12-25-15/h5,7-9,12H,6,10-11H2,1-4H3/p+1. The van der Waals surface area contributed by atoms with Crippen LogP contribution in [0, 0.1) is 6.92 Å². The molecule has 0 aliphatic heterocycles. The number of aromatic nitrogens is 1. The van der Waals surface area contributed by atoms with Crippen molar-refractivity contribution in [1.29, 1.82) is 0 Å². The van der Waals surface area contributed by atoms with Crippen LogP contribution < -0.4 is 14.5 Å². The van der Waals surface area contributed by atoms with Crippen LogP contribution in [0.4, 0.5) is 5.13 Å². The van der Waals surface area contributed by atoms with Crippen LogP contribution in [0.5, 0.6) is 5.75 Å². The molecule has 0 bridgehead atoms.